The van der Waals surface area contributed by atoms with Gasteiger partial charge in [-0.3, -0.25) is 14.6 Å². The van der Waals surface area contributed by atoms with Gasteiger partial charge in [-0.1, -0.05) is 32.0 Å². The highest BCUT2D eigenvalue weighted by atomic mass is 16.2. The molecule has 1 aromatic heterocycles. The molecule has 154 valence electrons. The zero-order chi connectivity index (χ0) is 21.3. The van der Waals surface area contributed by atoms with Crippen LogP contribution in [0.2, 0.25) is 0 Å². The fraction of sp³-hybridized carbons (Fsp3) is 0.320. The Hall–Kier alpha value is -3.21. The molecule has 0 saturated heterocycles. The largest absolute Gasteiger partial charge is 0.352 e. The van der Waals surface area contributed by atoms with Crippen molar-refractivity contribution >= 4 is 28.4 Å². The van der Waals surface area contributed by atoms with E-state index in [2.05, 4.69) is 24.5 Å². The lowest BCUT2D eigenvalue weighted by molar-refractivity contribution is 0.0948. The molecule has 2 aromatic carbocycles. The number of anilines is 1. The lowest BCUT2D eigenvalue weighted by Crippen LogP contribution is -2.27. The third kappa shape index (κ3) is 4.35. The topological polar surface area (TPSA) is 71.1 Å². The molecule has 5 nitrogen and oxygen atoms in total. The second kappa shape index (κ2) is 8.27. The molecule has 4 rings (SSSR count). The predicted molar refractivity (Wildman–Crippen MR) is 120 cm³/mol. The quantitative estimate of drug-likeness (QED) is 0.606. The first kappa shape index (κ1) is 20.1. The van der Waals surface area contributed by atoms with Gasteiger partial charge in [0.2, 0.25) is 0 Å². The van der Waals surface area contributed by atoms with Crippen molar-refractivity contribution in [3.63, 3.8) is 0 Å². The summed E-state index contributed by atoms with van der Waals surface area (Å²) in [6.07, 6.45) is 2.26. The van der Waals surface area contributed by atoms with Crippen LogP contribution >= 0.6 is 0 Å². The van der Waals surface area contributed by atoms with Crippen LogP contribution in [-0.2, 0) is 0 Å². The Morgan fingerprint density at radius 1 is 1.07 bits per heavy atom. The number of aryl methyl sites for hydroxylation is 1. The molecule has 5 heteroatoms. The van der Waals surface area contributed by atoms with Gasteiger partial charge < -0.3 is 10.6 Å². The van der Waals surface area contributed by atoms with E-state index in [9.17, 15) is 9.59 Å². The van der Waals surface area contributed by atoms with Crippen molar-refractivity contribution < 1.29 is 9.59 Å². The first-order valence-electron chi connectivity index (χ1n) is 10.5. The van der Waals surface area contributed by atoms with Crippen LogP contribution in [0, 0.1) is 12.8 Å². The monoisotopic (exact) mass is 401 g/mol. The molecular weight excluding hydrogens is 374 g/mol. The zero-order valence-electron chi connectivity index (χ0n) is 17.7. The minimum atomic E-state index is -0.157. The Morgan fingerprint density at radius 3 is 2.53 bits per heavy atom. The maximum atomic E-state index is 13.2. The van der Waals surface area contributed by atoms with Crippen LogP contribution in [0.15, 0.2) is 48.5 Å². The molecule has 0 bridgehead atoms. The molecule has 1 aliphatic rings. The molecule has 0 unspecified atom stereocenters. The molecule has 1 heterocycles. The van der Waals surface area contributed by atoms with Gasteiger partial charge >= 0.3 is 0 Å². The molecular formula is C25H27N3O2. The summed E-state index contributed by atoms with van der Waals surface area (Å²) in [6.45, 7) is 6.65. The molecule has 2 amide bonds. The van der Waals surface area contributed by atoms with Gasteiger partial charge in [0.1, 0.15) is 0 Å². The summed E-state index contributed by atoms with van der Waals surface area (Å²) in [4.78, 5) is 30.2. The summed E-state index contributed by atoms with van der Waals surface area (Å²) in [6, 6.07) is 15.0. The van der Waals surface area contributed by atoms with Gasteiger partial charge in [0, 0.05) is 34.8 Å². The van der Waals surface area contributed by atoms with Crippen molar-refractivity contribution in [3.05, 3.63) is 70.9 Å². The number of para-hydroxylation sites is 1. The summed E-state index contributed by atoms with van der Waals surface area (Å²) in [5.41, 5.74) is 4.63. The molecule has 1 fully saturated rings. The minimum Gasteiger partial charge on any atom is -0.352 e. The van der Waals surface area contributed by atoms with Crippen molar-refractivity contribution in [2.75, 3.05) is 11.9 Å². The summed E-state index contributed by atoms with van der Waals surface area (Å²) in [5, 5.41) is 6.79. The average molecular weight is 402 g/mol. The Labute approximate surface area is 176 Å². The van der Waals surface area contributed by atoms with Crippen molar-refractivity contribution in [1.29, 1.82) is 0 Å². The molecule has 0 atom stereocenters. The highest BCUT2D eigenvalue weighted by Gasteiger charge is 2.27. The number of nitrogens with zero attached hydrogens (tertiary/aromatic N) is 1. The van der Waals surface area contributed by atoms with Gasteiger partial charge in [-0.2, -0.15) is 0 Å². The third-order valence-electron chi connectivity index (χ3n) is 5.38. The van der Waals surface area contributed by atoms with Gasteiger partial charge in [0.15, 0.2) is 0 Å². The van der Waals surface area contributed by atoms with E-state index in [1.54, 1.807) is 12.1 Å². The second-order valence-corrected chi connectivity index (χ2v) is 8.47. The standard InChI is InChI=1S/C25H27N3O2/c1-15(2)14-26-24(29)18-10-11-21(16(3)12-18)28-25(30)20-13-23(17-8-9-17)27-22-7-5-4-6-19(20)22/h4-7,10-13,15,17H,8-9,14H2,1-3H3,(H,26,29)(H,28,30). The van der Waals surface area contributed by atoms with Crippen molar-refractivity contribution in [2.24, 2.45) is 5.92 Å². The first-order valence-corrected chi connectivity index (χ1v) is 10.5. The number of amides is 2. The van der Waals surface area contributed by atoms with Crippen LogP contribution in [0.4, 0.5) is 5.69 Å². The third-order valence-corrected chi connectivity index (χ3v) is 5.38. The van der Waals surface area contributed by atoms with Crippen LogP contribution in [0.25, 0.3) is 10.9 Å². The van der Waals surface area contributed by atoms with E-state index in [0.717, 1.165) is 35.0 Å². The van der Waals surface area contributed by atoms with Gasteiger partial charge in [0.05, 0.1) is 11.1 Å². The number of pyridine rings is 1. The van der Waals surface area contributed by atoms with Crippen LogP contribution in [0.1, 0.15) is 64.6 Å². The Morgan fingerprint density at radius 2 is 1.83 bits per heavy atom. The summed E-state index contributed by atoms with van der Waals surface area (Å²) < 4.78 is 0. The number of hydrogen-bond acceptors (Lipinski definition) is 3. The molecule has 0 radical (unpaired) electrons. The van der Waals surface area contributed by atoms with Crippen LogP contribution in [0.3, 0.4) is 0 Å². The number of fused-ring (bicyclic) bond motifs is 1. The second-order valence-electron chi connectivity index (χ2n) is 8.47. The van der Waals surface area contributed by atoms with E-state index in [0.29, 0.717) is 35.2 Å². The molecule has 1 aliphatic carbocycles. The SMILES string of the molecule is Cc1cc(C(=O)NCC(C)C)ccc1NC(=O)c1cc(C2CC2)nc2ccccc12. The lowest BCUT2D eigenvalue weighted by Gasteiger charge is -2.13. The number of carbonyl (C=O) groups excluding carboxylic acids is 2. The van der Waals surface area contributed by atoms with Crippen molar-refractivity contribution in [2.45, 2.75) is 39.5 Å². The Bertz CT molecular complexity index is 1120. The van der Waals surface area contributed by atoms with Crippen molar-refractivity contribution in [1.82, 2.24) is 10.3 Å². The minimum absolute atomic E-state index is 0.0983. The fourth-order valence-electron chi connectivity index (χ4n) is 3.51. The number of aromatic nitrogens is 1. The van der Waals surface area contributed by atoms with Gasteiger partial charge in [-0.05, 0) is 61.6 Å². The molecule has 0 aliphatic heterocycles. The number of benzene rings is 2. The summed E-state index contributed by atoms with van der Waals surface area (Å²) in [5.74, 6) is 0.602. The maximum Gasteiger partial charge on any atom is 0.256 e. The summed E-state index contributed by atoms with van der Waals surface area (Å²) >= 11 is 0. The van der Waals surface area contributed by atoms with Crippen LogP contribution in [-0.4, -0.2) is 23.3 Å². The highest BCUT2D eigenvalue weighted by molar-refractivity contribution is 6.12. The number of carbonyl (C=O) groups is 2. The van der Waals surface area contributed by atoms with E-state index in [1.165, 1.54) is 0 Å². The van der Waals surface area contributed by atoms with E-state index in [1.807, 2.05) is 43.3 Å². The first-order chi connectivity index (χ1) is 14.4. The van der Waals surface area contributed by atoms with Crippen molar-refractivity contribution in [3.8, 4) is 0 Å². The number of hydrogen-bond donors (Lipinski definition) is 2. The van der Waals surface area contributed by atoms with Crippen LogP contribution in [0.5, 0.6) is 0 Å². The van der Waals surface area contributed by atoms with E-state index >= 15 is 0 Å². The van der Waals surface area contributed by atoms with Gasteiger partial charge in [-0.15, -0.1) is 0 Å². The predicted octanol–water partition coefficient (Wildman–Crippen LogP) is 5.06. The average Bonchev–Trinajstić information content (AvgIpc) is 3.58. The zero-order valence-corrected chi connectivity index (χ0v) is 17.7. The molecule has 1 saturated carbocycles. The van der Waals surface area contributed by atoms with Gasteiger partial charge in [0.25, 0.3) is 11.8 Å². The lowest BCUT2D eigenvalue weighted by atomic mass is 10.0. The number of rotatable bonds is 6. The maximum absolute atomic E-state index is 13.2. The Balaban J connectivity index is 1.58. The van der Waals surface area contributed by atoms with E-state index in [4.69, 9.17) is 4.98 Å². The molecule has 0 spiro atoms. The molecule has 3 aromatic rings. The normalized spacial score (nSPS) is 13.5. The highest BCUT2D eigenvalue weighted by Crippen LogP contribution is 2.40. The molecule has 30 heavy (non-hydrogen) atoms. The Kier molecular flexibility index (Phi) is 5.53. The number of nitrogens with one attached hydrogen (secondary N) is 2. The molecule has 2 N–H and O–H groups in total. The summed E-state index contributed by atoms with van der Waals surface area (Å²) in [7, 11) is 0. The smallest absolute Gasteiger partial charge is 0.256 e. The van der Waals surface area contributed by atoms with E-state index < -0.39 is 0 Å². The van der Waals surface area contributed by atoms with Gasteiger partial charge in [-0.25, -0.2) is 0 Å². The fourth-order valence-corrected chi connectivity index (χ4v) is 3.51. The van der Waals surface area contributed by atoms with E-state index in [-0.39, 0.29) is 11.8 Å². The van der Waals surface area contributed by atoms with Crippen LogP contribution < -0.4 is 10.6 Å².